The molecule has 1 saturated carbocycles. The van der Waals surface area contributed by atoms with Gasteiger partial charge in [0, 0.05) is 32.7 Å². The summed E-state index contributed by atoms with van der Waals surface area (Å²) in [6.45, 7) is 2.17. The average Bonchev–Trinajstić information content (AvgIpc) is 3.02. The molecular formula is C14H26N2O3. The van der Waals surface area contributed by atoms with Crippen LogP contribution in [0.5, 0.6) is 0 Å². The van der Waals surface area contributed by atoms with Gasteiger partial charge in [-0.1, -0.05) is 6.42 Å². The molecule has 2 N–H and O–H groups in total. The monoisotopic (exact) mass is 270 g/mol. The molecule has 2 fully saturated rings. The van der Waals surface area contributed by atoms with Crippen LogP contribution >= 0.6 is 0 Å². The standard InChI is InChI=1S/C14H26N2O3/c1-16(10-11-4-2-6-13(11)17)14(18)15-8-7-12-5-3-9-19-12/h11-13,17H,2-10H2,1H3,(H,15,18). The fourth-order valence-electron chi connectivity index (χ4n) is 3.01. The van der Waals surface area contributed by atoms with Crippen molar-refractivity contribution in [3.8, 4) is 0 Å². The van der Waals surface area contributed by atoms with Crippen LogP contribution < -0.4 is 5.32 Å². The molecule has 1 aliphatic carbocycles. The molecule has 19 heavy (non-hydrogen) atoms. The van der Waals surface area contributed by atoms with Crippen molar-refractivity contribution in [2.24, 2.45) is 5.92 Å². The summed E-state index contributed by atoms with van der Waals surface area (Å²) in [5.74, 6) is 0.244. The molecule has 0 bridgehead atoms. The Balaban J connectivity index is 1.61. The molecule has 3 atom stereocenters. The van der Waals surface area contributed by atoms with E-state index in [0.717, 1.165) is 45.1 Å². The van der Waals surface area contributed by atoms with Crippen LogP contribution in [-0.4, -0.2) is 55.0 Å². The summed E-state index contributed by atoms with van der Waals surface area (Å²) in [5.41, 5.74) is 0. The van der Waals surface area contributed by atoms with E-state index < -0.39 is 0 Å². The number of rotatable bonds is 5. The minimum Gasteiger partial charge on any atom is -0.393 e. The number of ether oxygens (including phenoxy) is 1. The Labute approximate surface area is 115 Å². The van der Waals surface area contributed by atoms with Gasteiger partial charge in [0.2, 0.25) is 0 Å². The summed E-state index contributed by atoms with van der Waals surface area (Å²) in [5, 5.41) is 12.7. The summed E-state index contributed by atoms with van der Waals surface area (Å²) >= 11 is 0. The van der Waals surface area contributed by atoms with Crippen molar-refractivity contribution >= 4 is 6.03 Å². The molecule has 0 aromatic rings. The van der Waals surface area contributed by atoms with E-state index in [9.17, 15) is 9.90 Å². The molecule has 110 valence electrons. The van der Waals surface area contributed by atoms with Gasteiger partial charge in [-0.2, -0.15) is 0 Å². The Hall–Kier alpha value is -0.810. The fourth-order valence-corrected chi connectivity index (χ4v) is 3.01. The second-order valence-corrected chi connectivity index (χ2v) is 5.79. The summed E-state index contributed by atoms with van der Waals surface area (Å²) in [6.07, 6.45) is 6.20. The van der Waals surface area contributed by atoms with Gasteiger partial charge in [0.1, 0.15) is 0 Å². The summed E-state index contributed by atoms with van der Waals surface area (Å²) < 4.78 is 5.52. The van der Waals surface area contributed by atoms with Crippen molar-refractivity contribution in [2.75, 3.05) is 26.7 Å². The first-order chi connectivity index (χ1) is 9.16. The fraction of sp³-hybridized carbons (Fsp3) is 0.929. The molecule has 0 aromatic carbocycles. The molecule has 5 nitrogen and oxygen atoms in total. The van der Waals surface area contributed by atoms with Crippen molar-refractivity contribution < 1.29 is 14.6 Å². The van der Waals surface area contributed by atoms with Crippen LogP contribution in [-0.2, 0) is 4.74 Å². The first-order valence-electron chi connectivity index (χ1n) is 7.45. The topological polar surface area (TPSA) is 61.8 Å². The molecule has 0 radical (unpaired) electrons. The van der Waals surface area contributed by atoms with E-state index in [2.05, 4.69) is 5.32 Å². The third kappa shape index (κ3) is 4.35. The maximum Gasteiger partial charge on any atom is 0.317 e. The highest BCUT2D eigenvalue weighted by Crippen LogP contribution is 2.25. The molecule has 0 aromatic heterocycles. The third-order valence-electron chi connectivity index (χ3n) is 4.24. The van der Waals surface area contributed by atoms with E-state index >= 15 is 0 Å². The molecule has 1 heterocycles. The Morgan fingerprint density at radius 1 is 1.37 bits per heavy atom. The van der Waals surface area contributed by atoms with Crippen molar-refractivity contribution in [2.45, 2.75) is 50.7 Å². The number of nitrogens with one attached hydrogen (secondary N) is 1. The lowest BCUT2D eigenvalue weighted by molar-refractivity contribution is 0.103. The molecule has 1 saturated heterocycles. The number of carbonyl (C=O) groups excluding carboxylic acids is 1. The van der Waals surface area contributed by atoms with Gasteiger partial charge in [0.25, 0.3) is 0 Å². The van der Waals surface area contributed by atoms with E-state index in [1.54, 1.807) is 11.9 Å². The van der Waals surface area contributed by atoms with Gasteiger partial charge in [-0.3, -0.25) is 0 Å². The predicted octanol–water partition coefficient (Wildman–Crippen LogP) is 1.36. The number of urea groups is 1. The van der Waals surface area contributed by atoms with Crippen LogP contribution in [0.15, 0.2) is 0 Å². The highest BCUT2D eigenvalue weighted by Gasteiger charge is 2.27. The van der Waals surface area contributed by atoms with Gasteiger partial charge in [0.05, 0.1) is 12.2 Å². The van der Waals surface area contributed by atoms with E-state index in [0.29, 0.717) is 19.2 Å². The Morgan fingerprint density at radius 2 is 2.21 bits per heavy atom. The molecule has 5 heteroatoms. The van der Waals surface area contributed by atoms with Crippen LogP contribution in [0.3, 0.4) is 0 Å². The zero-order chi connectivity index (χ0) is 13.7. The predicted molar refractivity (Wildman–Crippen MR) is 73.0 cm³/mol. The average molecular weight is 270 g/mol. The minimum absolute atomic E-state index is 0.0444. The van der Waals surface area contributed by atoms with Gasteiger partial charge < -0.3 is 20.1 Å². The second kappa shape index (κ2) is 7.10. The van der Waals surface area contributed by atoms with E-state index in [-0.39, 0.29) is 18.1 Å². The normalized spacial score (nSPS) is 30.5. The quantitative estimate of drug-likeness (QED) is 0.793. The highest BCUT2D eigenvalue weighted by molar-refractivity contribution is 5.73. The maximum absolute atomic E-state index is 11.9. The number of hydrogen-bond acceptors (Lipinski definition) is 3. The van der Waals surface area contributed by atoms with Gasteiger partial charge in [-0.05, 0) is 32.1 Å². The van der Waals surface area contributed by atoms with Crippen LogP contribution in [0.2, 0.25) is 0 Å². The Kier molecular flexibility index (Phi) is 5.45. The Bertz CT molecular complexity index is 292. The molecule has 2 amide bonds. The number of aliphatic hydroxyl groups is 1. The Morgan fingerprint density at radius 3 is 2.84 bits per heavy atom. The molecule has 1 aliphatic heterocycles. The van der Waals surface area contributed by atoms with Gasteiger partial charge in [0.15, 0.2) is 0 Å². The van der Waals surface area contributed by atoms with Gasteiger partial charge in [-0.25, -0.2) is 4.79 Å². The van der Waals surface area contributed by atoms with Crippen LogP contribution in [0.25, 0.3) is 0 Å². The molecule has 0 spiro atoms. The zero-order valence-electron chi connectivity index (χ0n) is 11.8. The lowest BCUT2D eigenvalue weighted by Gasteiger charge is -2.23. The smallest absolute Gasteiger partial charge is 0.317 e. The first-order valence-corrected chi connectivity index (χ1v) is 7.45. The van der Waals surface area contributed by atoms with E-state index in [1.807, 2.05) is 0 Å². The molecule has 2 rings (SSSR count). The van der Waals surface area contributed by atoms with E-state index in [4.69, 9.17) is 4.74 Å². The van der Waals surface area contributed by atoms with Gasteiger partial charge >= 0.3 is 6.03 Å². The van der Waals surface area contributed by atoms with Crippen molar-refractivity contribution in [3.63, 3.8) is 0 Å². The zero-order valence-corrected chi connectivity index (χ0v) is 11.8. The number of carbonyl (C=O) groups is 1. The van der Waals surface area contributed by atoms with Crippen LogP contribution in [0, 0.1) is 5.92 Å². The summed E-state index contributed by atoms with van der Waals surface area (Å²) in [7, 11) is 1.80. The second-order valence-electron chi connectivity index (χ2n) is 5.79. The van der Waals surface area contributed by atoms with Crippen molar-refractivity contribution in [3.05, 3.63) is 0 Å². The molecule has 3 unspecified atom stereocenters. The number of hydrogen-bond donors (Lipinski definition) is 2. The number of aliphatic hydroxyl groups excluding tert-OH is 1. The lowest BCUT2D eigenvalue weighted by atomic mass is 10.1. The highest BCUT2D eigenvalue weighted by atomic mass is 16.5. The number of amides is 2. The first kappa shape index (κ1) is 14.6. The summed E-state index contributed by atoms with van der Waals surface area (Å²) in [4.78, 5) is 13.6. The molecule has 2 aliphatic rings. The maximum atomic E-state index is 11.9. The SMILES string of the molecule is CN(CC1CCCC1O)C(=O)NCCC1CCCO1. The van der Waals surface area contributed by atoms with Gasteiger partial charge in [-0.15, -0.1) is 0 Å². The summed E-state index contributed by atoms with van der Waals surface area (Å²) in [6, 6.07) is -0.0444. The third-order valence-corrected chi connectivity index (χ3v) is 4.24. The van der Waals surface area contributed by atoms with Crippen molar-refractivity contribution in [1.29, 1.82) is 0 Å². The largest absolute Gasteiger partial charge is 0.393 e. The van der Waals surface area contributed by atoms with Crippen LogP contribution in [0.4, 0.5) is 4.79 Å². The van der Waals surface area contributed by atoms with Crippen molar-refractivity contribution in [1.82, 2.24) is 10.2 Å². The lowest BCUT2D eigenvalue weighted by Crippen LogP contribution is -2.41. The minimum atomic E-state index is -0.234. The molecular weight excluding hydrogens is 244 g/mol. The van der Waals surface area contributed by atoms with Crippen LogP contribution in [0.1, 0.15) is 38.5 Å². The number of nitrogens with zero attached hydrogens (tertiary/aromatic N) is 1. The van der Waals surface area contributed by atoms with E-state index in [1.165, 1.54) is 0 Å².